The maximum Gasteiger partial charge on any atom is 0.342 e. The van der Waals surface area contributed by atoms with Crippen molar-refractivity contribution in [1.29, 1.82) is 0 Å². The second-order valence-corrected chi connectivity index (χ2v) is 7.11. The van der Waals surface area contributed by atoms with Gasteiger partial charge in [0.2, 0.25) is 5.88 Å². The van der Waals surface area contributed by atoms with Crippen LogP contribution in [0, 0.1) is 13.8 Å². The number of fused-ring (bicyclic) bond motifs is 1. The predicted molar refractivity (Wildman–Crippen MR) is 105 cm³/mol. The number of furan rings is 2. The normalized spacial score (nSPS) is 11.0. The van der Waals surface area contributed by atoms with Crippen molar-refractivity contribution < 1.29 is 23.2 Å². The van der Waals surface area contributed by atoms with Crippen LogP contribution in [0.15, 0.2) is 45.2 Å². The van der Waals surface area contributed by atoms with Crippen molar-refractivity contribution in [1.82, 2.24) is 4.98 Å². The second-order valence-electron chi connectivity index (χ2n) is 6.08. The number of aromatic nitrogens is 1. The molecule has 4 rings (SSSR count). The number of carbonyl (C=O) groups is 2. The summed E-state index contributed by atoms with van der Waals surface area (Å²) in [7, 11) is 1.29. The van der Waals surface area contributed by atoms with E-state index in [9.17, 15) is 9.59 Å². The summed E-state index contributed by atoms with van der Waals surface area (Å²) in [6.07, 6.45) is 0. The molecular weight excluding hydrogens is 380 g/mol. The molecule has 28 heavy (non-hydrogen) atoms. The van der Waals surface area contributed by atoms with Gasteiger partial charge in [-0.3, -0.25) is 10.1 Å². The van der Waals surface area contributed by atoms with E-state index in [1.807, 2.05) is 24.3 Å². The molecule has 0 saturated heterocycles. The minimum absolute atomic E-state index is 0.121. The number of anilines is 1. The Hall–Kier alpha value is -3.39. The lowest BCUT2D eigenvalue weighted by Crippen LogP contribution is -2.11. The molecule has 1 amide bonds. The molecule has 0 aliphatic carbocycles. The number of rotatable bonds is 4. The quantitative estimate of drug-likeness (QED) is 0.498. The van der Waals surface area contributed by atoms with Crippen LogP contribution >= 0.6 is 11.3 Å². The Morgan fingerprint density at radius 1 is 1.11 bits per heavy atom. The predicted octanol–water partition coefficient (Wildman–Crippen LogP) is 4.81. The van der Waals surface area contributed by atoms with Crippen molar-refractivity contribution >= 4 is 39.3 Å². The highest BCUT2D eigenvalue weighted by atomic mass is 32.1. The Balaban J connectivity index is 1.84. The van der Waals surface area contributed by atoms with Gasteiger partial charge in [-0.1, -0.05) is 12.1 Å². The standard InChI is InChI=1S/C20H16N2O5S/c1-10-8-9-13(26-10)17(23)22-18-16(15(11(2)27-18)20(24)25-3)19-21-12-6-4-5-7-14(12)28-19/h4-9H,1-3H3,(H,22,23). The van der Waals surface area contributed by atoms with Crippen LogP contribution in [0.25, 0.3) is 20.8 Å². The summed E-state index contributed by atoms with van der Waals surface area (Å²) in [5, 5.41) is 3.23. The van der Waals surface area contributed by atoms with Crippen LogP contribution < -0.4 is 5.32 Å². The molecule has 0 fully saturated rings. The highest BCUT2D eigenvalue weighted by molar-refractivity contribution is 7.21. The Morgan fingerprint density at radius 2 is 1.89 bits per heavy atom. The van der Waals surface area contributed by atoms with Crippen LogP contribution in [0.2, 0.25) is 0 Å². The van der Waals surface area contributed by atoms with E-state index >= 15 is 0 Å². The van der Waals surface area contributed by atoms with Gasteiger partial charge in [-0.15, -0.1) is 11.3 Å². The van der Waals surface area contributed by atoms with E-state index in [1.165, 1.54) is 18.4 Å². The number of nitrogens with one attached hydrogen (secondary N) is 1. The smallest absolute Gasteiger partial charge is 0.342 e. The molecular formula is C20H16N2O5S. The molecule has 0 saturated carbocycles. The summed E-state index contributed by atoms with van der Waals surface area (Å²) < 4.78 is 16.9. The number of carbonyl (C=O) groups excluding carboxylic acids is 2. The van der Waals surface area contributed by atoms with E-state index in [-0.39, 0.29) is 17.2 Å². The highest BCUT2D eigenvalue weighted by Crippen LogP contribution is 2.40. The molecule has 142 valence electrons. The number of para-hydroxylation sites is 1. The Bertz CT molecular complexity index is 1170. The van der Waals surface area contributed by atoms with Gasteiger partial charge in [0.1, 0.15) is 22.1 Å². The van der Waals surface area contributed by atoms with Crippen molar-refractivity contribution in [3.63, 3.8) is 0 Å². The van der Waals surface area contributed by atoms with Crippen molar-refractivity contribution in [2.24, 2.45) is 0 Å². The zero-order valence-corrected chi connectivity index (χ0v) is 16.2. The average Bonchev–Trinajstić information content (AvgIpc) is 3.37. The third-order valence-corrected chi connectivity index (χ3v) is 5.23. The van der Waals surface area contributed by atoms with Crippen LogP contribution in [-0.4, -0.2) is 24.0 Å². The van der Waals surface area contributed by atoms with Crippen molar-refractivity contribution in [2.75, 3.05) is 12.4 Å². The molecule has 8 heteroatoms. The minimum Gasteiger partial charge on any atom is -0.465 e. The lowest BCUT2D eigenvalue weighted by molar-refractivity contribution is 0.0599. The van der Waals surface area contributed by atoms with E-state index in [4.69, 9.17) is 13.6 Å². The number of benzene rings is 1. The molecule has 1 N–H and O–H groups in total. The Morgan fingerprint density at radius 3 is 2.57 bits per heavy atom. The molecule has 0 aliphatic rings. The minimum atomic E-state index is -0.565. The summed E-state index contributed by atoms with van der Waals surface area (Å²) >= 11 is 1.39. The van der Waals surface area contributed by atoms with Gasteiger partial charge >= 0.3 is 5.97 Å². The van der Waals surface area contributed by atoms with Gasteiger partial charge < -0.3 is 13.6 Å². The van der Waals surface area contributed by atoms with Crippen LogP contribution in [0.4, 0.5) is 5.88 Å². The van der Waals surface area contributed by atoms with Gasteiger partial charge in [0, 0.05) is 0 Å². The van der Waals surface area contributed by atoms with E-state index in [0.717, 1.165) is 10.2 Å². The summed E-state index contributed by atoms with van der Waals surface area (Å²) in [6, 6.07) is 10.9. The molecule has 1 aromatic carbocycles. The molecule has 0 aliphatic heterocycles. The van der Waals surface area contributed by atoms with Gasteiger partial charge in [-0.2, -0.15) is 0 Å². The highest BCUT2D eigenvalue weighted by Gasteiger charge is 2.29. The lowest BCUT2D eigenvalue weighted by atomic mass is 10.1. The summed E-state index contributed by atoms with van der Waals surface area (Å²) in [5.41, 5.74) is 1.41. The molecule has 0 atom stereocenters. The van der Waals surface area contributed by atoms with Gasteiger partial charge in [0.05, 0.1) is 22.9 Å². The first-order valence-corrected chi connectivity index (χ1v) is 9.25. The van der Waals surface area contributed by atoms with Crippen LogP contribution in [0.1, 0.15) is 32.4 Å². The maximum atomic E-state index is 12.5. The fraction of sp³-hybridized carbons (Fsp3) is 0.150. The Labute approximate surface area is 163 Å². The number of hydrogen-bond donors (Lipinski definition) is 1. The van der Waals surface area contributed by atoms with Crippen LogP contribution in [0.5, 0.6) is 0 Å². The molecule has 0 unspecified atom stereocenters. The summed E-state index contributed by atoms with van der Waals surface area (Å²) in [5.74, 6) is 0.150. The van der Waals surface area contributed by atoms with Gasteiger partial charge in [-0.05, 0) is 38.1 Å². The number of methoxy groups -OCH3 is 1. The number of amides is 1. The summed E-state index contributed by atoms with van der Waals surface area (Å²) in [4.78, 5) is 29.5. The number of ether oxygens (including phenoxy) is 1. The van der Waals surface area contributed by atoms with E-state index in [2.05, 4.69) is 10.3 Å². The molecule has 3 heterocycles. The van der Waals surface area contributed by atoms with E-state index in [1.54, 1.807) is 26.0 Å². The molecule has 3 aromatic heterocycles. The number of aryl methyl sites for hydroxylation is 2. The van der Waals surface area contributed by atoms with Crippen molar-refractivity contribution in [2.45, 2.75) is 13.8 Å². The van der Waals surface area contributed by atoms with Gasteiger partial charge in [0.25, 0.3) is 5.91 Å². The lowest BCUT2D eigenvalue weighted by Gasteiger charge is -2.03. The average molecular weight is 396 g/mol. The van der Waals surface area contributed by atoms with Crippen molar-refractivity contribution in [3.05, 3.63) is 59.2 Å². The topological polar surface area (TPSA) is 94.6 Å². The SMILES string of the molecule is COC(=O)c1c(C)oc(NC(=O)c2ccc(C)o2)c1-c1nc2ccccc2s1. The zero-order valence-electron chi connectivity index (χ0n) is 15.4. The third-order valence-electron chi connectivity index (χ3n) is 4.17. The van der Waals surface area contributed by atoms with E-state index in [0.29, 0.717) is 22.1 Å². The number of esters is 1. The van der Waals surface area contributed by atoms with Gasteiger partial charge in [-0.25, -0.2) is 9.78 Å². The maximum absolute atomic E-state index is 12.5. The van der Waals surface area contributed by atoms with Crippen LogP contribution in [-0.2, 0) is 4.74 Å². The Kier molecular flexibility index (Phi) is 4.48. The number of thiazole rings is 1. The molecule has 0 bridgehead atoms. The fourth-order valence-corrected chi connectivity index (χ4v) is 3.90. The van der Waals surface area contributed by atoms with Crippen molar-refractivity contribution in [3.8, 4) is 10.6 Å². The molecule has 7 nitrogen and oxygen atoms in total. The first kappa shape index (κ1) is 18.0. The fourth-order valence-electron chi connectivity index (χ4n) is 2.89. The number of nitrogens with zero attached hydrogens (tertiary/aromatic N) is 1. The van der Waals surface area contributed by atoms with E-state index < -0.39 is 11.9 Å². The summed E-state index contributed by atoms with van der Waals surface area (Å²) in [6.45, 7) is 3.38. The van der Waals surface area contributed by atoms with Gasteiger partial charge in [0.15, 0.2) is 5.76 Å². The van der Waals surface area contributed by atoms with Crippen LogP contribution in [0.3, 0.4) is 0 Å². The molecule has 0 spiro atoms. The third kappa shape index (κ3) is 3.07. The molecule has 4 aromatic rings. The zero-order chi connectivity index (χ0) is 19.8. The molecule has 0 radical (unpaired) electrons. The largest absolute Gasteiger partial charge is 0.465 e. The monoisotopic (exact) mass is 396 g/mol. The first-order chi connectivity index (χ1) is 13.5. The first-order valence-electron chi connectivity index (χ1n) is 8.43. The second kappa shape index (κ2) is 6.97. The number of hydrogen-bond acceptors (Lipinski definition) is 7.